The monoisotopic (exact) mass is 274 g/mol. The van der Waals surface area contributed by atoms with E-state index < -0.39 is 6.10 Å². The number of hydrogen-bond donors (Lipinski definition) is 1. The second-order valence-electron chi connectivity index (χ2n) is 5.83. The predicted octanol–water partition coefficient (Wildman–Crippen LogP) is 4.72. The second kappa shape index (κ2) is 5.36. The Kier molecular flexibility index (Phi) is 3.98. The minimum atomic E-state index is -0.605. The first-order valence-electron chi connectivity index (χ1n) is 6.42. The van der Waals surface area contributed by atoms with Gasteiger partial charge in [-0.15, -0.1) is 0 Å². The predicted molar refractivity (Wildman–Crippen MR) is 80.7 cm³/mol. The maximum atomic E-state index is 10.3. The van der Waals surface area contributed by atoms with Crippen LogP contribution in [0.15, 0.2) is 48.5 Å². The summed E-state index contributed by atoms with van der Waals surface area (Å²) >= 11 is 5.85. The van der Waals surface area contributed by atoms with Crippen molar-refractivity contribution in [2.45, 2.75) is 32.3 Å². The van der Waals surface area contributed by atoms with Crippen molar-refractivity contribution in [1.29, 1.82) is 0 Å². The van der Waals surface area contributed by atoms with Crippen LogP contribution in [0.5, 0.6) is 0 Å². The fourth-order valence-corrected chi connectivity index (χ4v) is 2.13. The maximum absolute atomic E-state index is 10.3. The van der Waals surface area contributed by atoms with E-state index in [2.05, 4.69) is 32.9 Å². The molecule has 2 heteroatoms. The SMILES string of the molecule is CC(C)(C)c1ccc([C@@H](O)c2ccc(Cl)cc2)cc1. The Bertz CT molecular complexity index is 535. The maximum Gasteiger partial charge on any atom is 0.104 e. The van der Waals surface area contributed by atoms with Crippen LogP contribution in [-0.4, -0.2) is 5.11 Å². The number of aliphatic hydroxyl groups is 1. The molecule has 1 nitrogen and oxygen atoms in total. The summed E-state index contributed by atoms with van der Waals surface area (Å²) in [7, 11) is 0. The number of rotatable bonds is 2. The van der Waals surface area contributed by atoms with Crippen molar-refractivity contribution in [3.8, 4) is 0 Å². The van der Waals surface area contributed by atoms with Crippen molar-refractivity contribution >= 4 is 11.6 Å². The molecule has 19 heavy (non-hydrogen) atoms. The van der Waals surface area contributed by atoms with Gasteiger partial charge in [0.05, 0.1) is 0 Å². The van der Waals surface area contributed by atoms with E-state index in [0.717, 1.165) is 11.1 Å². The standard InChI is InChI=1S/C17H19ClO/c1-17(2,3)14-8-4-12(5-9-14)16(19)13-6-10-15(18)11-7-13/h4-11,16,19H,1-3H3/t16-/m1/s1. The lowest BCUT2D eigenvalue weighted by Crippen LogP contribution is -2.11. The summed E-state index contributed by atoms with van der Waals surface area (Å²) in [5.74, 6) is 0. The van der Waals surface area contributed by atoms with Gasteiger partial charge in [0.2, 0.25) is 0 Å². The molecule has 100 valence electrons. The molecule has 0 unspecified atom stereocenters. The van der Waals surface area contributed by atoms with E-state index in [-0.39, 0.29) is 5.41 Å². The van der Waals surface area contributed by atoms with E-state index in [1.54, 1.807) is 12.1 Å². The van der Waals surface area contributed by atoms with E-state index in [1.807, 2.05) is 24.3 Å². The second-order valence-corrected chi connectivity index (χ2v) is 6.26. The Balaban J connectivity index is 2.25. The quantitative estimate of drug-likeness (QED) is 0.840. The number of hydrogen-bond acceptors (Lipinski definition) is 1. The zero-order chi connectivity index (χ0) is 14.0. The molecule has 0 aliphatic heterocycles. The third-order valence-corrected chi connectivity index (χ3v) is 3.53. The largest absolute Gasteiger partial charge is 0.384 e. The number of aliphatic hydroxyl groups excluding tert-OH is 1. The van der Waals surface area contributed by atoms with Crippen molar-refractivity contribution in [2.75, 3.05) is 0 Å². The lowest BCUT2D eigenvalue weighted by atomic mass is 9.86. The molecular formula is C17H19ClO. The van der Waals surface area contributed by atoms with Crippen LogP contribution in [0.4, 0.5) is 0 Å². The third-order valence-electron chi connectivity index (χ3n) is 3.28. The Morgan fingerprint density at radius 1 is 0.842 bits per heavy atom. The van der Waals surface area contributed by atoms with Crippen LogP contribution in [-0.2, 0) is 5.41 Å². The summed E-state index contributed by atoms with van der Waals surface area (Å²) in [6.45, 7) is 6.53. The lowest BCUT2D eigenvalue weighted by molar-refractivity contribution is 0.220. The van der Waals surface area contributed by atoms with Gasteiger partial charge in [-0.25, -0.2) is 0 Å². The van der Waals surface area contributed by atoms with Gasteiger partial charge in [0.1, 0.15) is 6.10 Å². The van der Waals surface area contributed by atoms with Crippen molar-refractivity contribution in [3.05, 3.63) is 70.2 Å². The fourth-order valence-electron chi connectivity index (χ4n) is 2.00. The molecule has 2 rings (SSSR count). The Hall–Kier alpha value is -1.31. The van der Waals surface area contributed by atoms with Crippen molar-refractivity contribution in [3.63, 3.8) is 0 Å². The molecule has 0 bridgehead atoms. The molecule has 0 aliphatic carbocycles. The average molecular weight is 275 g/mol. The van der Waals surface area contributed by atoms with Crippen LogP contribution in [0.25, 0.3) is 0 Å². The molecule has 0 radical (unpaired) electrons. The molecule has 0 aliphatic rings. The van der Waals surface area contributed by atoms with Crippen LogP contribution < -0.4 is 0 Å². The average Bonchev–Trinajstić information content (AvgIpc) is 2.38. The van der Waals surface area contributed by atoms with E-state index in [0.29, 0.717) is 5.02 Å². The molecule has 0 saturated carbocycles. The highest BCUT2D eigenvalue weighted by atomic mass is 35.5. The minimum absolute atomic E-state index is 0.129. The zero-order valence-corrected chi connectivity index (χ0v) is 12.3. The van der Waals surface area contributed by atoms with Crippen LogP contribution in [0.2, 0.25) is 5.02 Å². The van der Waals surface area contributed by atoms with E-state index in [1.165, 1.54) is 5.56 Å². The van der Waals surface area contributed by atoms with Gasteiger partial charge in [0, 0.05) is 5.02 Å². The van der Waals surface area contributed by atoms with Crippen molar-refractivity contribution in [2.24, 2.45) is 0 Å². The van der Waals surface area contributed by atoms with Gasteiger partial charge in [-0.05, 0) is 34.2 Å². The Morgan fingerprint density at radius 2 is 1.26 bits per heavy atom. The Labute approximate surface area is 119 Å². The molecule has 0 amide bonds. The van der Waals surface area contributed by atoms with Gasteiger partial charge in [-0.3, -0.25) is 0 Å². The van der Waals surface area contributed by atoms with Gasteiger partial charge in [-0.1, -0.05) is 68.8 Å². The first kappa shape index (κ1) is 14.1. The third kappa shape index (κ3) is 3.37. The molecule has 0 fully saturated rings. The van der Waals surface area contributed by atoms with Gasteiger partial charge >= 0.3 is 0 Å². The summed E-state index contributed by atoms with van der Waals surface area (Å²) in [6.07, 6.45) is -0.605. The molecule has 0 aromatic heterocycles. The van der Waals surface area contributed by atoms with Gasteiger partial charge < -0.3 is 5.11 Å². The first-order valence-corrected chi connectivity index (χ1v) is 6.80. The molecule has 2 aromatic carbocycles. The minimum Gasteiger partial charge on any atom is -0.384 e. The van der Waals surface area contributed by atoms with E-state index in [9.17, 15) is 5.11 Å². The number of benzene rings is 2. The molecule has 0 spiro atoms. The van der Waals surface area contributed by atoms with Crippen LogP contribution in [0.3, 0.4) is 0 Å². The van der Waals surface area contributed by atoms with Gasteiger partial charge in [0.25, 0.3) is 0 Å². The van der Waals surface area contributed by atoms with Gasteiger partial charge in [0.15, 0.2) is 0 Å². The van der Waals surface area contributed by atoms with Crippen molar-refractivity contribution in [1.82, 2.24) is 0 Å². The highest BCUT2D eigenvalue weighted by Gasteiger charge is 2.15. The normalized spacial score (nSPS) is 13.3. The highest BCUT2D eigenvalue weighted by Crippen LogP contribution is 2.27. The summed E-state index contributed by atoms with van der Waals surface area (Å²) in [6, 6.07) is 15.4. The molecule has 0 saturated heterocycles. The fraction of sp³-hybridized carbons (Fsp3) is 0.294. The summed E-state index contributed by atoms with van der Waals surface area (Å²) in [4.78, 5) is 0. The summed E-state index contributed by atoms with van der Waals surface area (Å²) in [5.41, 5.74) is 3.15. The Morgan fingerprint density at radius 3 is 1.68 bits per heavy atom. The zero-order valence-electron chi connectivity index (χ0n) is 11.5. The molecule has 1 N–H and O–H groups in total. The van der Waals surface area contributed by atoms with Gasteiger partial charge in [-0.2, -0.15) is 0 Å². The lowest BCUT2D eigenvalue weighted by Gasteiger charge is -2.20. The topological polar surface area (TPSA) is 20.2 Å². The van der Waals surface area contributed by atoms with E-state index >= 15 is 0 Å². The van der Waals surface area contributed by atoms with E-state index in [4.69, 9.17) is 11.6 Å². The summed E-state index contributed by atoms with van der Waals surface area (Å²) < 4.78 is 0. The molecular weight excluding hydrogens is 256 g/mol. The highest BCUT2D eigenvalue weighted by molar-refractivity contribution is 6.30. The smallest absolute Gasteiger partial charge is 0.104 e. The molecule has 2 aromatic rings. The molecule has 0 heterocycles. The van der Waals surface area contributed by atoms with Crippen LogP contribution in [0.1, 0.15) is 43.6 Å². The molecule has 1 atom stereocenters. The summed E-state index contributed by atoms with van der Waals surface area (Å²) in [5, 5.41) is 11.0. The number of halogens is 1. The first-order chi connectivity index (χ1) is 8.88. The van der Waals surface area contributed by atoms with Crippen LogP contribution in [0, 0.1) is 0 Å². The van der Waals surface area contributed by atoms with Crippen molar-refractivity contribution < 1.29 is 5.11 Å². The van der Waals surface area contributed by atoms with Crippen LogP contribution >= 0.6 is 11.6 Å².